The summed E-state index contributed by atoms with van der Waals surface area (Å²) in [6.45, 7) is 14.3. The summed E-state index contributed by atoms with van der Waals surface area (Å²) in [5, 5.41) is 11.5. The monoisotopic (exact) mass is 550 g/mol. The second-order valence-electron chi connectivity index (χ2n) is 10.3. The number of likely N-dealkylation sites (N-methyl/N-ethyl adjacent to an activating group) is 1. The second-order valence-corrected chi connectivity index (χ2v) is 10.3. The maximum atomic E-state index is 13.4. The third-order valence-corrected chi connectivity index (χ3v) is 7.51. The van der Waals surface area contributed by atoms with Gasteiger partial charge in [0.15, 0.2) is 0 Å². The van der Waals surface area contributed by atoms with Gasteiger partial charge in [0.05, 0.1) is 24.8 Å². The molecule has 0 radical (unpaired) electrons. The van der Waals surface area contributed by atoms with Crippen LogP contribution in [0.3, 0.4) is 0 Å². The third kappa shape index (κ3) is 7.66. The molecule has 1 aliphatic rings. The fourth-order valence-electron chi connectivity index (χ4n) is 4.98. The summed E-state index contributed by atoms with van der Waals surface area (Å²) in [5.41, 5.74) is 2.22. The maximum absolute atomic E-state index is 13.4. The molecule has 0 spiro atoms. The first-order valence-electron chi connectivity index (χ1n) is 14.8. The topological polar surface area (TPSA) is 79.3 Å². The van der Waals surface area contributed by atoms with Crippen LogP contribution in [0.2, 0.25) is 0 Å². The number of amides is 1. The molecule has 7 heteroatoms. The molecule has 218 valence electrons. The van der Waals surface area contributed by atoms with Crippen LogP contribution in [0.15, 0.2) is 48.0 Å². The minimum Gasteiger partial charge on any atom is -0.507 e. The summed E-state index contributed by atoms with van der Waals surface area (Å²) in [4.78, 5) is 30.6. The van der Waals surface area contributed by atoms with Gasteiger partial charge in [0.2, 0.25) is 0 Å². The minimum absolute atomic E-state index is 0.111. The number of unbranched alkanes of at least 4 members (excludes halogenated alkanes) is 3. The van der Waals surface area contributed by atoms with Crippen molar-refractivity contribution in [2.24, 2.45) is 0 Å². The lowest BCUT2D eigenvalue weighted by atomic mass is 9.94. The number of aryl methyl sites for hydroxylation is 1. The van der Waals surface area contributed by atoms with Gasteiger partial charge >= 0.3 is 0 Å². The van der Waals surface area contributed by atoms with Crippen LogP contribution in [-0.4, -0.2) is 66.0 Å². The number of aliphatic hydroxyl groups excluding tert-OH is 1. The average Bonchev–Trinajstić information content (AvgIpc) is 3.21. The van der Waals surface area contributed by atoms with Crippen molar-refractivity contribution in [3.8, 4) is 11.5 Å². The van der Waals surface area contributed by atoms with Crippen LogP contribution in [0, 0.1) is 6.92 Å². The van der Waals surface area contributed by atoms with E-state index < -0.39 is 17.7 Å². The van der Waals surface area contributed by atoms with E-state index in [0.717, 1.165) is 67.8 Å². The molecule has 7 nitrogen and oxygen atoms in total. The van der Waals surface area contributed by atoms with E-state index in [1.54, 1.807) is 11.0 Å². The summed E-state index contributed by atoms with van der Waals surface area (Å²) in [5.74, 6) is 0.0690. The second kappa shape index (κ2) is 15.5. The largest absolute Gasteiger partial charge is 0.507 e. The van der Waals surface area contributed by atoms with Gasteiger partial charge in [0, 0.05) is 18.7 Å². The summed E-state index contributed by atoms with van der Waals surface area (Å²) in [7, 11) is 0. The quantitative estimate of drug-likeness (QED) is 0.111. The minimum atomic E-state index is -0.689. The first-order valence-corrected chi connectivity index (χ1v) is 14.8. The maximum Gasteiger partial charge on any atom is 0.295 e. The van der Waals surface area contributed by atoms with E-state index in [4.69, 9.17) is 9.47 Å². The number of likely N-dealkylation sites (tertiary alicyclic amines) is 1. The number of hydrogen-bond acceptors (Lipinski definition) is 6. The summed E-state index contributed by atoms with van der Waals surface area (Å²) < 4.78 is 11.7. The Kier molecular flexibility index (Phi) is 12.1. The van der Waals surface area contributed by atoms with Crippen LogP contribution in [-0.2, 0) is 9.59 Å². The van der Waals surface area contributed by atoms with Crippen LogP contribution >= 0.6 is 0 Å². The van der Waals surface area contributed by atoms with Crippen molar-refractivity contribution in [3.05, 3.63) is 64.7 Å². The molecule has 2 aromatic rings. The summed E-state index contributed by atoms with van der Waals surface area (Å²) in [6, 6.07) is 12.2. The highest BCUT2D eigenvalue weighted by Gasteiger charge is 2.46. The predicted molar refractivity (Wildman–Crippen MR) is 160 cm³/mol. The standard InChI is InChI=1S/C33H46N2O5/c1-6-10-12-22-39-27-16-13-25(14-17-27)30-29(32(37)33(38)35(30)20-19-34(8-3)9-4)31(36)26-15-18-28(24(5)23-26)40-21-11-7-2/h13-18,23,30,36H,6-12,19-22H2,1-5H3/b31-29+. The number of Topliss-reactive ketones (excluding diaryl/α,β-unsaturated/α-hetero) is 1. The normalized spacial score (nSPS) is 16.6. The Morgan fingerprint density at radius 1 is 0.900 bits per heavy atom. The van der Waals surface area contributed by atoms with Crippen molar-refractivity contribution in [3.63, 3.8) is 0 Å². The highest BCUT2D eigenvalue weighted by molar-refractivity contribution is 6.46. The zero-order valence-electron chi connectivity index (χ0n) is 24.9. The number of ketones is 1. The molecule has 0 aromatic heterocycles. The Bertz CT molecular complexity index is 1150. The van der Waals surface area contributed by atoms with Crippen LogP contribution in [0.5, 0.6) is 11.5 Å². The van der Waals surface area contributed by atoms with Gasteiger partial charge in [0.1, 0.15) is 17.3 Å². The number of rotatable bonds is 16. The van der Waals surface area contributed by atoms with Crippen LogP contribution < -0.4 is 9.47 Å². The molecule has 1 aliphatic heterocycles. The fourth-order valence-corrected chi connectivity index (χ4v) is 4.98. The van der Waals surface area contributed by atoms with Crippen LogP contribution in [0.1, 0.15) is 82.5 Å². The van der Waals surface area contributed by atoms with Crippen molar-refractivity contribution in [1.82, 2.24) is 9.80 Å². The molecule has 3 rings (SSSR count). The Labute approximate surface area is 239 Å². The van der Waals surface area contributed by atoms with Gasteiger partial charge in [-0.05, 0) is 74.3 Å². The van der Waals surface area contributed by atoms with Gasteiger partial charge < -0.3 is 24.4 Å². The van der Waals surface area contributed by atoms with Gasteiger partial charge in [-0.2, -0.15) is 0 Å². The zero-order valence-corrected chi connectivity index (χ0v) is 24.9. The molecule has 1 heterocycles. The molecule has 2 aromatic carbocycles. The Morgan fingerprint density at radius 2 is 1.57 bits per heavy atom. The predicted octanol–water partition coefficient (Wildman–Crippen LogP) is 6.51. The van der Waals surface area contributed by atoms with E-state index in [9.17, 15) is 14.7 Å². The SMILES string of the molecule is CCCCCOc1ccc(C2/C(=C(\O)c3ccc(OCCCC)c(C)c3)C(=O)C(=O)N2CCN(CC)CC)cc1. The Balaban J connectivity index is 1.98. The van der Waals surface area contributed by atoms with Gasteiger partial charge in [-0.15, -0.1) is 0 Å². The summed E-state index contributed by atoms with van der Waals surface area (Å²) >= 11 is 0. The van der Waals surface area contributed by atoms with Gasteiger partial charge in [-0.25, -0.2) is 0 Å². The zero-order chi connectivity index (χ0) is 29.1. The molecule has 40 heavy (non-hydrogen) atoms. The number of benzene rings is 2. The van der Waals surface area contributed by atoms with E-state index in [2.05, 4.69) is 32.6 Å². The van der Waals surface area contributed by atoms with Crippen molar-refractivity contribution < 1.29 is 24.2 Å². The van der Waals surface area contributed by atoms with E-state index >= 15 is 0 Å². The molecule has 0 saturated carbocycles. The Morgan fingerprint density at radius 3 is 2.20 bits per heavy atom. The third-order valence-electron chi connectivity index (χ3n) is 7.51. The number of hydrogen-bond donors (Lipinski definition) is 1. The number of ether oxygens (including phenoxy) is 2. The van der Waals surface area contributed by atoms with Crippen molar-refractivity contribution >= 4 is 17.4 Å². The number of carbonyl (C=O) groups excluding carboxylic acids is 2. The lowest BCUT2D eigenvalue weighted by Gasteiger charge is -2.28. The first-order chi connectivity index (χ1) is 19.4. The first kappa shape index (κ1) is 31.2. The van der Waals surface area contributed by atoms with Crippen molar-refractivity contribution in [1.29, 1.82) is 0 Å². The lowest BCUT2D eigenvalue weighted by Crippen LogP contribution is -2.38. The highest BCUT2D eigenvalue weighted by atomic mass is 16.5. The van der Waals surface area contributed by atoms with Crippen molar-refractivity contribution in [2.75, 3.05) is 39.4 Å². The van der Waals surface area contributed by atoms with Crippen LogP contribution in [0.25, 0.3) is 5.76 Å². The number of aliphatic hydroxyl groups is 1. The van der Waals surface area contributed by atoms with Gasteiger partial charge in [-0.1, -0.05) is 59.1 Å². The molecule has 1 fully saturated rings. The smallest absolute Gasteiger partial charge is 0.295 e. The average molecular weight is 551 g/mol. The molecular formula is C33H46N2O5. The highest BCUT2D eigenvalue weighted by Crippen LogP contribution is 2.40. The molecule has 1 atom stereocenters. The van der Waals surface area contributed by atoms with Crippen molar-refractivity contribution in [2.45, 2.75) is 72.8 Å². The molecule has 1 amide bonds. The van der Waals surface area contributed by atoms with E-state index in [0.29, 0.717) is 31.9 Å². The Hall–Kier alpha value is -3.32. The van der Waals surface area contributed by atoms with E-state index in [-0.39, 0.29) is 11.3 Å². The van der Waals surface area contributed by atoms with Gasteiger partial charge in [-0.3, -0.25) is 9.59 Å². The van der Waals surface area contributed by atoms with Gasteiger partial charge in [0.25, 0.3) is 11.7 Å². The van der Waals surface area contributed by atoms with Crippen LogP contribution in [0.4, 0.5) is 0 Å². The molecule has 0 bridgehead atoms. The molecule has 1 saturated heterocycles. The molecule has 0 aliphatic carbocycles. The number of nitrogens with zero attached hydrogens (tertiary/aromatic N) is 2. The molecule has 1 N–H and O–H groups in total. The summed E-state index contributed by atoms with van der Waals surface area (Å²) in [6.07, 6.45) is 5.23. The molecule has 1 unspecified atom stereocenters. The molecular weight excluding hydrogens is 504 g/mol. The lowest BCUT2D eigenvalue weighted by molar-refractivity contribution is -0.140. The van der Waals surface area contributed by atoms with E-state index in [1.807, 2.05) is 43.3 Å². The van der Waals surface area contributed by atoms with E-state index in [1.165, 1.54) is 0 Å². The fraction of sp³-hybridized carbons (Fsp3) is 0.515. The number of carbonyl (C=O) groups is 2.